The molecule has 4 aromatic rings. The molecule has 0 aliphatic heterocycles. The molecule has 0 saturated heterocycles. The van der Waals surface area contributed by atoms with Crippen LogP contribution >= 0.6 is 0 Å². The number of benzene rings is 2. The minimum Gasteiger partial charge on any atom is -0.313 e. The molecule has 2 aromatic heterocycles. The van der Waals surface area contributed by atoms with E-state index >= 15 is 0 Å². The zero-order valence-electron chi connectivity index (χ0n) is 13.3. The van der Waals surface area contributed by atoms with Crippen LogP contribution in [0, 0.1) is 0 Å². The summed E-state index contributed by atoms with van der Waals surface area (Å²) >= 11 is 0. The van der Waals surface area contributed by atoms with E-state index in [1.165, 1.54) is 5.56 Å². The lowest BCUT2D eigenvalue weighted by atomic mass is 10.0. The largest absolute Gasteiger partial charge is 0.313 e. The highest BCUT2D eigenvalue weighted by Gasteiger charge is 2.21. The van der Waals surface area contributed by atoms with Gasteiger partial charge in [0.05, 0.1) is 28.3 Å². The van der Waals surface area contributed by atoms with E-state index in [1.54, 1.807) is 0 Å². The van der Waals surface area contributed by atoms with Crippen LogP contribution in [0.1, 0.15) is 17.3 Å². The monoisotopic (exact) mass is 301 g/mol. The van der Waals surface area contributed by atoms with Crippen LogP contribution < -0.4 is 0 Å². The molecule has 0 fully saturated rings. The average molecular weight is 301 g/mol. The van der Waals surface area contributed by atoms with Crippen molar-refractivity contribution in [1.82, 2.24) is 14.3 Å². The molecule has 2 heterocycles. The number of fused-ring (bicyclic) bond motifs is 3. The fourth-order valence-electron chi connectivity index (χ4n) is 3.29. The summed E-state index contributed by atoms with van der Waals surface area (Å²) in [5.74, 6) is 0. The Bertz CT molecular complexity index is 954. The standard InChI is InChI=1S/C20H19N3/c1-22(2)20(15-9-4-3-5-10-15)19-18-13-8-14-23(18)17-12-7-6-11-16(17)21-19/h3-14,20H,1-2H3. The Morgan fingerprint density at radius 1 is 0.826 bits per heavy atom. The van der Waals surface area contributed by atoms with Crippen LogP contribution in [0.4, 0.5) is 0 Å². The molecule has 0 aliphatic rings. The molecule has 0 amide bonds. The first-order valence-electron chi connectivity index (χ1n) is 7.83. The normalized spacial score (nSPS) is 13.0. The summed E-state index contributed by atoms with van der Waals surface area (Å²) < 4.78 is 2.23. The molecule has 0 radical (unpaired) electrons. The molecule has 0 bridgehead atoms. The molecule has 4 rings (SSSR count). The number of nitrogens with zero attached hydrogens (tertiary/aromatic N) is 3. The van der Waals surface area contributed by atoms with E-state index in [9.17, 15) is 0 Å². The van der Waals surface area contributed by atoms with Gasteiger partial charge in [0.15, 0.2) is 0 Å². The van der Waals surface area contributed by atoms with E-state index in [4.69, 9.17) is 4.98 Å². The third-order valence-corrected chi connectivity index (χ3v) is 4.28. The maximum absolute atomic E-state index is 5.01. The van der Waals surface area contributed by atoms with Gasteiger partial charge in [-0.2, -0.15) is 0 Å². The van der Waals surface area contributed by atoms with Gasteiger partial charge in [0.1, 0.15) is 0 Å². The Kier molecular flexibility index (Phi) is 3.36. The van der Waals surface area contributed by atoms with Crippen LogP contribution in [-0.4, -0.2) is 28.4 Å². The van der Waals surface area contributed by atoms with E-state index in [2.05, 4.69) is 90.3 Å². The quantitative estimate of drug-likeness (QED) is 0.567. The van der Waals surface area contributed by atoms with Crippen LogP contribution in [0.3, 0.4) is 0 Å². The van der Waals surface area contributed by atoms with Gasteiger partial charge in [-0.1, -0.05) is 42.5 Å². The number of rotatable bonds is 3. The summed E-state index contributed by atoms with van der Waals surface area (Å²) in [5, 5.41) is 0. The fraction of sp³-hybridized carbons (Fsp3) is 0.150. The third-order valence-electron chi connectivity index (χ3n) is 4.28. The second-order valence-electron chi connectivity index (χ2n) is 6.03. The lowest BCUT2D eigenvalue weighted by Gasteiger charge is -2.25. The van der Waals surface area contributed by atoms with Gasteiger partial charge in [0, 0.05) is 6.20 Å². The molecule has 3 heteroatoms. The molecule has 1 atom stereocenters. The van der Waals surface area contributed by atoms with Gasteiger partial charge in [0.25, 0.3) is 0 Å². The Labute approximate surface area is 135 Å². The summed E-state index contributed by atoms with van der Waals surface area (Å²) in [5.41, 5.74) is 5.66. The second kappa shape index (κ2) is 5.52. The topological polar surface area (TPSA) is 20.5 Å². The first-order chi connectivity index (χ1) is 11.3. The summed E-state index contributed by atoms with van der Waals surface area (Å²) in [4.78, 5) is 7.23. The van der Waals surface area contributed by atoms with E-state index in [1.807, 2.05) is 6.07 Å². The molecule has 3 nitrogen and oxygen atoms in total. The predicted molar refractivity (Wildman–Crippen MR) is 94.7 cm³/mol. The van der Waals surface area contributed by atoms with Gasteiger partial charge >= 0.3 is 0 Å². The van der Waals surface area contributed by atoms with Gasteiger partial charge in [-0.25, -0.2) is 4.98 Å². The maximum atomic E-state index is 5.01. The van der Waals surface area contributed by atoms with Crippen molar-refractivity contribution in [2.45, 2.75) is 6.04 Å². The number of para-hydroxylation sites is 2. The molecule has 0 N–H and O–H groups in total. The van der Waals surface area contributed by atoms with E-state index in [-0.39, 0.29) is 6.04 Å². The second-order valence-corrected chi connectivity index (χ2v) is 6.03. The van der Waals surface area contributed by atoms with E-state index in [0.29, 0.717) is 0 Å². The highest BCUT2D eigenvalue weighted by atomic mass is 15.1. The van der Waals surface area contributed by atoms with Crippen molar-refractivity contribution in [3.8, 4) is 0 Å². The molecule has 0 spiro atoms. The molecule has 2 aromatic carbocycles. The third kappa shape index (κ3) is 2.30. The zero-order valence-corrected chi connectivity index (χ0v) is 13.3. The van der Waals surface area contributed by atoms with Crippen molar-refractivity contribution in [2.24, 2.45) is 0 Å². The summed E-state index contributed by atoms with van der Waals surface area (Å²) in [6.07, 6.45) is 2.11. The van der Waals surface area contributed by atoms with E-state index in [0.717, 1.165) is 22.2 Å². The highest BCUT2D eigenvalue weighted by Crippen LogP contribution is 2.30. The number of aromatic nitrogens is 2. The van der Waals surface area contributed by atoms with Crippen molar-refractivity contribution in [2.75, 3.05) is 14.1 Å². The highest BCUT2D eigenvalue weighted by molar-refractivity contribution is 5.80. The van der Waals surface area contributed by atoms with Crippen molar-refractivity contribution >= 4 is 16.6 Å². The number of hydrogen-bond donors (Lipinski definition) is 0. The molecular weight excluding hydrogens is 282 g/mol. The van der Waals surface area contributed by atoms with Gasteiger partial charge in [-0.3, -0.25) is 4.90 Å². The molecule has 114 valence electrons. The van der Waals surface area contributed by atoms with Crippen molar-refractivity contribution in [3.63, 3.8) is 0 Å². The summed E-state index contributed by atoms with van der Waals surface area (Å²) in [7, 11) is 4.21. The minimum absolute atomic E-state index is 0.123. The SMILES string of the molecule is CN(C)C(c1ccccc1)c1nc2ccccc2n2cccc12. The number of hydrogen-bond acceptors (Lipinski definition) is 2. The summed E-state index contributed by atoms with van der Waals surface area (Å²) in [6.45, 7) is 0. The molecule has 23 heavy (non-hydrogen) atoms. The van der Waals surface area contributed by atoms with Crippen LogP contribution in [0.15, 0.2) is 72.9 Å². The van der Waals surface area contributed by atoms with Crippen LogP contribution in [0.2, 0.25) is 0 Å². The predicted octanol–water partition coefficient (Wildman–Crippen LogP) is 4.14. The van der Waals surface area contributed by atoms with E-state index < -0.39 is 0 Å². The fourth-order valence-corrected chi connectivity index (χ4v) is 3.29. The molecule has 1 unspecified atom stereocenters. The Morgan fingerprint density at radius 3 is 2.30 bits per heavy atom. The van der Waals surface area contributed by atoms with Crippen LogP contribution in [0.5, 0.6) is 0 Å². The van der Waals surface area contributed by atoms with Gasteiger partial charge in [-0.05, 0) is 43.9 Å². The van der Waals surface area contributed by atoms with Gasteiger partial charge in [-0.15, -0.1) is 0 Å². The Morgan fingerprint density at radius 2 is 1.52 bits per heavy atom. The average Bonchev–Trinajstić information content (AvgIpc) is 3.06. The lowest BCUT2D eigenvalue weighted by molar-refractivity contribution is 0.338. The molecule has 0 aliphatic carbocycles. The maximum Gasteiger partial charge on any atom is 0.0875 e. The first-order valence-corrected chi connectivity index (χ1v) is 7.83. The van der Waals surface area contributed by atoms with Crippen LogP contribution in [-0.2, 0) is 0 Å². The lowest BCUT2D eigenvalue weighted by Crippen LogP contribution is -2.23. The molecule has 0 saturated carbocycles. The summed E-state index contributed by atoms with van der Waals surface area (Å²) in [6, 6.07) is 23.2. The molecular formula is C20H19N3. The van der Waals surface area contributed by atoms with Gasteiger partial charge < -0.3 is 4.40 Å². The van der Waals surface area contributed by atoms with Crippen molar-refractivity contribution in [1.29, 1.82) is 0 Å². The zero-order chi connectivity index (χ0) is 15.8. The first kappa shape index (κ1) is 14.0. The Balaban J connectivity index is 2.03. The van der Waals surface area contributed by atoms with Gasteiger partial charge in [0.2, 0.25) is 0 Å². The van der Waals surface area contributed by atoms with Crippen molar-refractivity contribution < 1.29 is 0 Å². The van der Waals surface area contributed by atoms with Crippen molar-refractivity contribution in [3.05, 3.63) is 84.2 Å². The Hall–Kier alpha value is -2.65. The minimum atomic E-state index is 0.123. The van der Waals surface area contributed by atoms with Crippen LogP contribution in [0.25, 0.3) is 16.6 Å². The smallest absolute Gasteiger partial charge is 0.0875 e.